The van der Waals surface area contributed by atoms with Crippen molar-refractivity contribution >= 4 is 28.9 Å². The van der Waals surface area contributed by atoms with E-state index >= 15 is 0 Å². The molecule has 0 aliphatic rings. The zero-order valence-corrected chi connectivity index (χ0v) is 15.9. The number of anilines is 2. The van der Waals surface area contributed by atoms with Crippen LogP contribution in [0.4, 0.5) is 11.4 Å². The van der Waals surface area contributed by atoms with Gasteiger partial charge in [0.2, 0.25) is 5.91 Å². The highest BCUT2D eigenvalue weighted by Gasteiger charge is 2.11. The molecule has 0 saturated heterocycles. The van der Waals surface area contributed by atoms with Gasteiger partial charge in [0.15, 0.2) is 0 Å². The molecule has 9 heteroatoms. The van der Waals surface area contributed by atoms with E-state index in [0.717, 1.165) is 5.69 Å². The lowest BCUT2D eigenvalue weighted by molar-refractivity contribution is -0.115. The number of carbonyl (C=O) groups is 1. The summed E-state index contributed by atoms with van der Waals surface area (Å²) in [7, 11) is 5.39. The molecule has 0 radical (unpaired) electrons. The number of aromatic nitrogens is 4. The van der Waals surface area contributed by atoms with E-state index in [1.807, 2.05) is 19.0 Å². The van der Waals surface area contributed by atoms with Crippen LogP contribution in [0.1, 0.15) is 5.56 Å². The molecular formula is C18H19ClN6O2. The van der Waals surface area contributed by atoms with Crippen molar-refractivity contribution in [2.45, 2.75) is 6.42 Å². The number of benzene rings is 1. The number of hydrogen-bond donors (Lipinski definition) is 1. The summed E-state index contributed by atoms with van der Waals surface area (Å²) in [6.07, 6.45) is 6.73. The average molecular weight is 387 g/mol. The fraction of sp³-hybridized carbons (Fsp3) is 0.222. The minimum atomic E-state index is -0.203. The van der Waals surface area contributed by atoms with Crippen LogP contribution in [0.2, 0.25) is 5.02 Å². The molecule has 0 bridgehead atoms. The SMILES string of the molecule is COc1ccc(CC(=O)Nc2cnn(-c3ncc(N(C)C)cn3)c2)c(Cl)c1. The summed E-state index contributed by atoms with van der Waals surface area (Å²) in [6, 6.07) is 5.21. The molecule has 27 heavy (non-hydrogen) atoms. The van der Waals surface area contributed by atoms with Crippen molar-refractivity contribution in [3.8, 4) is 11.7 Å². The molecule has 2 heterocycles. The van der Waals surface area contributed by atoms with Crippen LogP contribution in [-0.2, 0) is 11.2 Å². The van der Waals surface area contributed by atoms with Gasteiger partial charge in [-0.3, -0.25) is 4.79 Å². The van der Waals surface area contributed by atoms with Gasteiger partial charge in [0.1, 0.15) is 5.75 Å². The van der Waals surface area contributed by atoms with Crippen molar-refractivity contribution in [3.63, 3.8) is 0 Å². The van der Waals surface area contributed by atoms with Crippen molar-refractivity contribution in [1.29, 1.82) is 0 Å². The number of halogens is 1. The first-order valence-corrected chi connectivity index (χ1v) is 8.50. The minimum absolute atomic E-state index is 0.141. The van der Waals surface area contributed by atoms with E-state index in [1.54, 1.807) is 43.9 Å². The predicted octanol–water partition coefficient (Wildman–Crippen LogP) is 2.57. The van der Waals surface area contributed by atoms with E-state index in [4.69, 9.17) is 16.3 Å². The van der Waals surface area contributed by atoms with E-state index in [0.29, 0.717) is 28.0 Å². The van der Waals surface area contributed by atoms with Gasteiger partial charge < -0.3 is 15.0 Å². The Bertz CT molecular complexity index is 939. The second kappa shape index (κ2) is 8.05. The predicted molar refractivity (Wildman–Crippen MR) is 104 cm³/mol. The van der Waals surface area contributed by atoms with Crippen LogP contribution in [0, 0.1) is 0 Å². The smallest absolute Gasteiger partial charge is 0.250 e. The maximum Gasteiger partial charge on any atom is 0.250 e. The molecule has 3 rings (SSSR count). The van der Waals surface area contributed by atoms with Gasteiger partial charge in [-0.25, -0.2) is 14.6 Å². The Labute approximate surface area is 161 Å². The Kier molecular flexibility index (Phi) is 5.56. The third-order valence-corrected chi connectivity index (χ3v) is 4.18. The molecule has 1 aromatic carbocycles. The van der Waals surface area contributed by atoms with Gasteiger partial charge in [0, 0.05) is 19.1 Å². The standard InChI is InChI=1S/C18H19ClN6O2/c1-24(2)14-9-20-18(21-10-14)25-11-13(8-22-25)23-17(26)6-12-4-5-15(27-3)7-16(12)19/h4-5,7-11H,6H2,1-3H3,(H,23,26). The number of ether oxygens (including phenoxy) is 1. The molecule has 140 valence electrons. The molecule has 0 unspecified atom stereocenters. The van der Waals surface area contributed by atoms with E-state index in [2.05, 4.69) is 20.4 Å². The molecule has 0 saturated carbocycles. The van der Waals surface area contributed by atoms with Crippen LogP contribution in [0.3, 0.4) is 0 Å². The summed E-state index contributed by atoms with van der Waals surface area (Å²) in [6.45, 7) is 0. The first-order chi connectivity index (χ1) is 13.0. The highest BCUT2D eigenvalue weighted by atomic mass is 35.5. The molecule has 1 amide bonds. The van der Waals surface area contributed by atoms with Crippen molar-refractivity contribution in [2.75, 3.05) is 31.4 Å². The van der Waals surface area contributed by atoms with Gasteiger partial charge >= 0.3 is 0 Å². The summed E-state index contributed by atoms with van der Waals surface area (Å²) < 4.78 is 6.60. The second-order valence-corrected chi connectivity index (χ2v) is 6.40. The van der Waals surface area contributed by atoms with E-state index in [9.17, 15) is 4.79 Å². The normalized spacial score (nSPS) is 10.5. The monoisotopic (exact) mass is 386 g/mol. The third-order valence-electron chi connectivity index (χ3n) is 3.82. The molecule has 0 fully saturated rings. The fourth-order valence-electron chi connectivity index (χ4n) is 2.34. The lowest BCUT2D eigenvalue weighted by Gasteiger charge is -2.10. The Morgan fingerprint density at radius 2 is 2.00 bits per heavy atom. The van der Waals surface area contributed by atoms with Gasteiger partial charge in [0.05, 0.1) is 49.7 Å². The van der Waals surface area contributed by atoms with Crippen LogP contribution in [0.5, 0.6) is 5.75 Å². The Balaban J connectivity index is 1.65. The van der Waals surface area contributed by atoms with Gasteiger partial charge in [-0.15, -0.1) is 0 Å². The zero-order valence-electron chi connectivity index (χ0n) is 15.2. The van der Waals surface area contributed by atoms with Gasteiger partial charge in [-0.05, 0) is 17.7 Å². The summed E-state index contributed by atoms with van der Waals surface area (Å²) in [5.41, 5.74) is 2.14. The first-order valence-electron chi connectivity index (χ1n) is 8.13. The van der Waals surface area contributed by atoms with Crippen LogP contribution in [-0.4, -0.2) is 46.9 Å². The summed E-state index contributed by atoms with van der Waals surface area (Å²) in [5, 5.41) is 7.45. The van der Waals surface area contributed by atoms with Crippen molar-refractivity contribution in [3.05, 3.63) is 53.6 Å². The molecule has 3 aromatic rings. The third kappa shape index (κ3) is 4.53. The molecule has 2 aromatic heterocycles. The highest BCUT2D eigenvalue weighted by Crippen LogP contribution is 2.23. The average Bonchev–Trinajstić information content (AvgIpc) is 3.11. The summed E-state index contributed by atoms with van der Waals surface area (Å²) in [5.74, 6) is 0.857. The van der Waals surface area contributed by atoms with Crippen molar-refractivity contribution in [1.82, 2.24) is 19.7 Å². The van der Waals surface area contributed by atoms with Crippen LogP contribution in [0.15, 0.2) is 43.0 Å². The molecule has 8 nitrogen and oxygen atoms in total. The Morgan fingerprint density at radius 3 is 2.63 bits per heavy atom. The largest absolute Gasteiger partial charge is 0.497 e. The zero-order chi connectivity index (χ0) is 19.4. The maximum atomic E-state index is 12.3. The highest BCUT2D eigenvalue weighted by molar-refractivity contribution is 6.31. The van der Waals surface area contributed by atoms with E-state index in [1.165, 1.54) is 10.9 Å². The summed E-state index contributed by atoms with van der Waals surface area (Å²) in [4.78, 5) is 22.7. The van der Waals surface area contributed by atoms with E-state index in [-0.39, 0.29) is 12.3 Å². The molecular weight excluding hydrogens is 368 g/mol. The van der Waals surface area contributed by atoms with Gasteiger partial charge in [-0.1, -0.05) is 17.7 Å². The molecule has 0 aliphatic carbocycles. The Hall–Kier alpha value is -3.13. The number of nitrogens with one attached hydrogen (secondary N) is 1. The van der Waals surface area contributed by atoms with Gasteiger partial charge in [-0.2, -0.15) is 5.10 Å². The van der Waals surface area contributed by atoms with Crippen molar-refractivity contribution < 1.29 is 9.53 Å². The van der Waals surface area contributed by atoms with Crippen LogP contribution >= 0.6 is 11.6 Å². The van der Waals surface area contributed by atoms with Crippen LogP contribution < -0.4 is 15.0 Å². The van der Waals surface area contributed by atoms with Crippen LogP contribution in [0.25, 0.3) is 5.95 Å². The number of hydrogen-bond acceptors (Lipinski definition) is 6. The number of nitrogens with zero attached hydrogens (tertiary/aromatic N) is 5. The molecule has 0 aliphatic heterocycles. The quantitative estimate of drug-likeness (QED) is 0.700. The van der Waals surface area contributed by atoms with Crippen molar-refractivity contribution in [2.24, 2.45) is 0 Å². The molecule has 0 spiro atoms. The topological polar surface area (TPSA) is 85.2 Å². The number of rotatable bonds is 6. The maximum absolute atomic E-state index is 12.3. The first kappa shape index (κ1) is 18.7. The summed E-state index contributed by atoms with van der Waals surface area (Å²) >= 11 is 6.18. The minimum Gasteiger partial charge on any atom is -0.497 e. The Morgan fingerprint density at radius 1 is 1.26 bits per heavy atom. The fourth-order valence-corrected chi connectivity index (χ4v) is 2.57. The van der Waals surface area contributed by atoms with E-state index < -0.39 is 0 Å². The number of methoxy groups -OCH3 is 1. The molecule has 0 atom stereocenters. The molecule has 1 N–H and O–H groups in total. The lowest BCUT2D eigenvalue weighted by atomic mass is 10.1. The second-order valence-electron chi connectivity index (χ2n) is 5.99. The van der Waals surface area contributed by atoms with Gasteiger partial charge in [0.25, 0.3) is 5.95 Å². The number of carbonyl (C=O) groups excluding carboxylic acids is 1. The lowest BCUT2D eigenvalue weighted by Crippen LogP contribution is -2.14. The number of amides is 1.